The topological polar surface area (TPSA) is 84.9 Å². The summed E-state index contributed by atoms with van der Waals surface area (Å²) in [6.07, 6.45) is 0. The molecule has 1 aliphatic heterocycles. The summed E-state index contributed by atoms with van der Waals surface area (Å²) in [5.74, 6) is 0.357. The van der Waals surface area contributed by atoms with Gasteiger partial charge < -0.3 is 14.8 Å². The number of morpholine rings is 1. The Balaban J connectivity index is 1.81. The molecule has 0 unspecified atom stereocenters. The van der Waals surface area contributed by atoms with Crippen molar-refractivity contribution in [2.24, 2.45) is 0 Å². The minimum Gasteiger partial charge on any atom is -0.494 e. The summed E-state index contributed by atoms with van der Waals surface area (Å²) in [5, 5.41) is 2.80. The van der Waals surface area contributed by atoms with Gasteiger partial charge in [-0.05, 0) is 55.8 Å². The van der Waals surface area contributed by atoms with E-state index in [0.717, 1.165) is 5.75 Å². The van der Waals surface area contributed by atoms with Crippen molar-refractivity contribution in [3.05, 3.63) is 53.6 Å². The Morgan fingerprint density at radius 1 is 1.14 bits per heavy atom. The second kappa shape index (κ2) is 8.72. The number of rotatable bonds is 6. The van der Waals surface area contributed by atoms with Crippen molar-refractivity contribution in [1.82, 2.24) is 4.31 Å². The number of carbonyl (C=O) groups is 1. The first-order valence-corrected chi connectivity index (χ1v) is 10.6. The molecule has 0 bridgehead atoms. The Labute approximate surface area is 165 Å². The summed E-state index contributed by atoms with van der Waals surface area (Å²) in [6.45, 7) is 5.60. The van der Waals surface area contributed by atoms with Crippen molar-refractivity contribution in [1.29, 1.82) is 0 Å². The summed E-state index contributed by atoms with van der Waals surface area (Å²) < 4.78 is 37.7. The van der Waals surface area contributed by atoms with E-state index >= 15 is 0 Å². The van der Waals surface area contributed by atoms with Crippen LogP contribution in [-0.2, 0) is 14.8 Å². The van der Waals surface area contributed by atoms with Gasteiger partial charge in [0.15, 0.2) is 0 Å². The Morgan fingerprint density at radius 3 is 2.46 bits per heavy atom. The fraction of sp³-hybridized carbons (Fsp3) is 0.350. The van der Waals surface area contributed by atoms with Crippen molar-refractivity contribution in [3.8, 4) is 5.75 Å². The third-order valence-corrected chi connectivity index (χ3v) is 6.38. The van der Waals surface area contributed by atoms with Gasteiger partial charge in [0, 0.05) is 24.3 Å². The Kier molecular flexibility index (Phi) is 6.33. The highest BCUT2D eigenvalue weighted by Crippen LogP contribution is 2.22. The number of anilines is 1. The molecule has 1 N–H and O–H groups in total. The minimum absolute atomic E-state index is 0.108. The number of amides is 1. The molecule has 2 aromatic carbocycles. The first-order valence-electron chi connectivity index (χ1n) is 9.14. The van der Waals surface area contributed by atoms with E-state index in [2.05, 4.69) is 5.32 Å². The quantitative estimate of drug-likeness (QED) is 0.800. The first kappa shape index (κ1) is 20.3. The maximum absolute atomic E-state index is 12.9. The van der Waals surface area contributed by atoms with Crippen LogP contribution in [0.15, 0.2) is 47.4 Å². The summed E-state index contributed by atoms with van der Waals surface area (Å²) in [5.41, 5.74) is 1.63. The Bertz CT molecular complexity index is 936. The molecule has 150 valence electrons. The standard InChI is InChI=1S/C20H24N2O5S/c1-3-27-17-7-5-16(6-8-17)21-20(23)19-14-18(9-4-15(19)2)28(24,25)22-10-12-26-13-11-22/h4-9,14H,3,10-13H2,1-2H3,(H,21,23). The lowest BCUT2D eigenvalue weighted by Gasteiger charge is -2.26. The molecular weight excluding hydrogens is 380 g/mol. The number of benzene rings is 2. The van der Waals surface area contributed by atoms with Gasteiger partial charge in [0.1, 0.15) is 5.75 Å². The second-order valence-corrected chi connectivity index (χ2v) is 8.34. The van der Waals surface area contributed by atoms with Crippen molar-refractivity contribution in [2.75, 3.05) is 38.2 Å². The first-order chi connectivity index (χ1) is 13.4. The zero-order chi connectivity index (χ0) is 20.1. The minimum atomic E-state index is -3.66. The average molecular weight is 404 g/mol. The number of hydrogen-bond acceptors (Lipinski definition) is 5. The number of hydrogen-bond donors (Lipinski definition) is 1. The molecule has 28 heavy (non-hydrogen) atoms. The molecule has 0 aliphatic carbocycles. The highest BCUT2D eigenvalue weighted by Gasteiger charge is 2.27. The molecular formula is C20H24N2O5S. The molecule has 0 aromatic heterocycles. The summed E-state index contributed by atoms with van der Waals surface area (Å²) in [4.78, 5) is 12.8. The maximum Gasteiger partial charge on any atom is 0.255 e. The summed E-state index contributed by atoms with van der Waals surface area (Å²) in [6, 6.07) is 11.6. The fourth-order valence-electron chi connectivity index (χ4n) is 2.94. The zero-order valence-corrected chi connectivity index (χ0v) is 16.8. The predicted molar refractivity (Wildman–Crippen MR) is 106 cm³/mol. The van der Waals surface area contributed by atoms with Gasteiger partial charge in [0.05, 0.1) is 24.7 Å². The van der Waals surface area contributed by atoms with Crippen LogP contribution in [0, 0.1) is 6.92 Å². The van der Waals surface area contributed by atoms with Crippen LogP contribution in [0.1, 0.15) is 22.8 Å². The van der Waals surface area contributed by atoms with Crippen LogP contribution in [-0.4, -0.2) is 51.5 Å². The van der Waals surface area contributed by atoms with Crippen molar-refractivity contribution in [2.45, 2.75) is 18.7 Å². The zero-order valence-electron chi connectivity index (χ0n) is 16.0. The van der Waals surface area contributed by atoms with E-state index in [-0.39, 0.29) is 10.8 Å². The number of ether oxygens (including phenoxy) is 2. The number of carbonyl (C=O) groups excluding carboxylic acids is 1. The molecule has 0 saturated carbocycles. The van der Waals surface area contributed by atoms with Crippen molar-refractivity contribution >= 4 is 21.6 Å². The number of nitrogens with one attached hydrogen (secondary N) is 1. The molecule has 0 radical (unpaired) electrons. The summed E-state index contributed by atoms with van der Waals surface area (Å²) in [7, 11) is -3.66. The maximum atomic E-state index is 12.9. The van der Waals surface area contributed by atoms with Gasteiger partial charge in [-0.15, -0.1) is 0 Å². The van der Waals surface area contributed by atoms with Crippen molar-refractivity contribution in [3.63, 3.8) is 0 Å². The SMILES string of the molecule is CCOc1ccc(NC(=O)c2cc(S(=O)(=O)N3CCOCC3)ccc2C)cc1. The van der Waals surface area contributed by atoms with E-state index in [1.165, 1.54) is 16.4 Å². The van der Waals surface area contributed by atoms with Gasteiger partial charge in [-0.1, -0.05) is 6.07 Å². The smallest absolute Gasteiger partial charge is 0.255 e. The van der Waals surface area contributed by atoms with E-state index in [1.807, 2.05) is 6.92 Å². The molecule has 7 nitrogen and oxygen atoms in total. The molecule has 8 heteroatoms. The molecule has 1 amide bonds. The molecule has 1 heterocycles. The lowest BCUT2D eigenvalue weighted by molar-refractivity contribution is 0.0730. The van der Waals surface area contributed by atoms with E-state index in [0.29, 0.717) is 49.7 Å². The van der Waals surface area contributed by atoms with Crippen LogP contribution < -0.4 is 10.1 Å². The third kappa shape index (κ3) is 4.52. The Morgan fingerprint density at radius 2 is 1.82 bits per heavy atom. The largest absolute Gasteiger partial charge is 0.494 e. The predicted octanol–water partition coefficient (Wildman–Crippen LogP) is 2.67. The van der Waals surface area contributed by atoms with E-state index in [9.17, 15) is 13.2 Å². The lowest BCUT2D eigenvalue weighted by Crippen LogP contribution is -2.40. The lowest BCUT2D eigenvalue weighted by atomic mass is 10.1. The molecule has 1 aliphatic rings. The molecule has 0 spiro atoms. The second-order valence-electron chi connectivity index (χ2n) is 6.40. The van der Waals surface area contributed by atoms with Gasteiger partial charge >= 0.3 is 0 Å². The molecule has 1 saturated heterocycles. The van der Waals surface area contributed by atoms with Crippen LogP contribution >= 0.6 is 0 Å². The van der Waals surface area contributed by atoms with Crippen LogP contribution in [0.25, 0.3) is 0 Å². The highest BCUT2D eigenvalue weighted by molar-refractivity contribution is 7.89. The van der Waals surface area contributed by atoms with Crippen LogP contribution in [0.2, 0.25) is 0 Å². The molecule has 2 aromatic rings. The van der Waals surface area contributed by atoms with E-state index in [4.69, 9.17) is 9.47 Å². The summed E-state index contributed by atoms with van der Waals surface area (Å²) >= 11 is 0. The van der Waals surface area contributed by atoms with Gasteiger partial charge in [-0.25, -0.2) is 8.42 Å². The average Bonchev–Trinajstić information content (AvgIpc) is 2.70. The number of aryl methyl sites for hydroxylation is 1. The normalized spacial score (nSPS) is 15.2. The fourth-order valence-corrected chi connectivity index (χ4v) is 4.38. The highest BCUT2D eigenvalue weighted by atomic mass is 32.2. The van der Waals surface area contributed by atoms with E-state index in [1.54, 1.807) is 37.3 Å². The Hall–Kier alpha value is -2.42. The van der Waals surface area contributed by atoms with Crippen LogP contribution in [0.5, 0.6) is 5.75 Å². The van der Waals surface area contributed by atoms with E-state index < -0.39 is 10.0 Å². The van der Waals surface area contributed by atoms with Gasteiger partial charge in [-0.3, -0.25) is 4.79 Å². The van der Waals surface area contributed by atoms with Crippen LogP contribution in [0.4, 0.5) is 5.69 Å². The third-order valence-electron chi connectivity index (χ3n) is 4.48. The van der Waals surface area contributed by atoms with Gasteiger partial charge in [-0.2, -0.15) is 4.31 Å². The van der Waals surface area contributed by atoms with Gasteiger partial charge in [0.2, 0.25) is 10.0 Å². The molecule has 1 fully saturated rings. The molecule has 0 atom stereocenters. The van der Waals surface area contributed by atoms with Crippen LogP contribution in [0.3, 0.4) is 0 Å². The van der Waals surface area contributed by atoms with Gasteiger partial charge in [0.25, 0.3) is 5.91 Å². The number of sulfonamides is 1. The monoisotopic (exact) mass is 404 g/mol. The molecule has 3 rings (SSSR count). The van der Waals surface area contributed by atoms with Crippen molar-refractivity contribution < 1.29 is 22.7 Å². The number of nitrogens with zero attached hydrogens (tertiary/aromatic N) is 1.